The minimum absolute atomic E-state index is 0.206. The summed E-state index contributed by atoms with van der Waals surface area (Å²) in [7, 11) is 0. The van der Waals surface area contributed by atoms with Crippen molar-refractivity contribution < 1.29 is 9.90 Å². The fraction of sp³-hybridized carbons (Fsp3) is 0.500. The first-order valence-corrected chi connectivity index (χ1v) is 7.58. The Kier molecular flexibility index (Phi) is 6.83. The first-order valence-electron chi connectivity index (χ1n) is 6.40. The molecule has 0 fully saturated rings. The first-order chi connectivity index (χ1) is 8.99. The van der Waals surface area contributed by atoms with Crippen LogP contribution in [0.25, 0.3) is 0 Å². The number of halogens is 2. The Morgan fingerprint density at radius 1 is 1.42 bits per heavy atom. The van der Waals surface area contributed by atoms with Gasteiger partial charge in [0.15, 0.2) is 0 Å². The van der Waals surface area contributed by atoms with Crippen molar-refractivity contribution in [1.82, 2.24) is 5.32 Å². The van der Waals surface area contributed by atoms with Gasteiger partial charge in [-0.25, -0.2) is 0 Å². The van der Waals surface area contributed by atoms with Crippen LogP contribution in [0.2, 0.25) is 5.02 Å². The van der Waals surface area contributed by atoms with Gasteiger partial charge < -0.3 is 10.4 Å². The van der Waals surface area contributed by atoms with Gasteiger partial charge in [0.2, 0.25) is 0 Å². The van der Waals surface area contributed by atoms with Crippen LogP contribution in [0.3, 0.4) is 0 Å². The number of amides is 1. The van der Waals surface area contributed by atoms with Gasteiger partial charge in [-0.15, -0.1) is 0 Å². The number of hydrogen-bond donors (Lipinski definition) is 2. The van der Waals surface area contributed by atoms with E-state index in [1.807, 2.05) is 13.8 Å². The summed E-state index contributed by atoms with van der Waals surface area (Å²) in [5.41, 5.74) is 0.521. The maximum absolute atomic E-state index is 11.9. The van der Waals surface area contributed by atoms with Crippen LogP contribution in [0.15, 0.2) is 22.7 Å². The maximum Gasteiger partial charge on any atom is 0.251 e. The van der Waals surface area contributed by atoms with Crippen LogP contribution in [0.1, 0.15) is 37.0 Å². The van der Waals surface area contributed by atoms with Crippen molar-refractivity contribution in [3.63, 3.8) is 0 Å². The van der Waals surface area contributed by atoms with Crippen LogP contribution in [-0.4, -0.2) is 23.7 Å². The zero-order valence-electron chi connectivity index (χ0n) is 11.1. The molecule has 3 nitrogen and oxygen atoms in total. The van der Waals surface area contributed by atoms with E-state index < -0.39 is 6.10 Å². The quantitative estimate of drug-likeness (QED) is 0.825. The Bertz CT molecular complexity index is 435. The lowest BCUT2D eigenvalue weighted by Gasteiger charge is -2.20. The highest BCUT2D eigenvalue weighted by Gasteiger charge is 2.16. The molecule has 0 aliphatic carbocycles. The number of hydrogen-bond acceptors (Lipinski definition) is 2. The molecule has 1 rings (SSSR count). The fourth-order valence-corrected chi connectivity index (χ4v) is 2.43. The molecule has 2 N–H and O–H groups in total. The van der Waals surface area contributed by atoms with Gasteiger partial charge >= 0.3 is 0 Å². The molecule has 0 aromatic heterocycles. The van der Waals surface area contributed by atoms with Gasteiger partial charge in [-0.3, -0.25) is 4.79 Å². The van der Waals surface area contributed by atoms with E-state index in [0.717, 1.165) is 12.8 Å². The van der Waals surface area contributed by atoms with Crippen molar-refractivity contribution in [3.8, 4) is 0 Å². The monoisotopic (exact) mass is 347 g/mol. The topological polar surface area (TPSA) is 49.3 Å². The largest absolute Gasteiger partial charge is 0.391 e. The summed E-state index contributed by atoms with van der Waals surface area (Å²) in [5.74, 6) is 0.0135. The standard InChI is InChI=1S/C14H19BrClNO2/c1-3-9(4-2)13(18)8-17-14(19)10-5-6-12(16)11(15)7-10/h5-7,9,13,18H,3-4,8H2,1-2H3,(H,17,19). The maximum atomic E-state index is 11.9. The third kappa shape index (κ3) is 4.79. The van der Waals surface area contributed by atoms with E-state index in [1.165, 1.54) is 0 Å². The van der Waals surface area contributed by atoms with Crippen molar-refractivity contribution >= 4 is 33.4 Å². The van der Waals surface area contributed by atoms with E-state index in [0.29, 0.717) is 15.1 Å². The molecule has 0 aliphatic rings. The highest BCUT2D eigenvalue weighted by Crippen LogP contribution is 2.23. The highest BCUT2D eigenvalue weighted by molar-refractivity contribution is 9.10. The van der Waals surface area contributed by atoms with Gasteiger partial charge in [-0.05, 0) is 40.0 Å². The second-order valence-corrected chi connectivity index (χ2v) is 5.74. The molecule has 5 heteroatoms. The normalized spacial score (nSPS) is 12.5. The van der Waals surface area contributed by atoms with E-state index in [2.05, 4.69) is 21.2 Å². The number of benzene rings is 1. The Morgan fingerprint density at radius 3 is 2.58 bits per heavy atom. The summed E-state index contributed by atoms with van der Waals surface area (Å²) in [5, 5.41) is 13.3. The second-order valence-electron chi connectivity index (χ2n) is 4.48. The average Bonchev–Trinajstić information content (AvgIpc) is 2.40. The number of carbonyl (C=O) groups excluding carboxylic acids is 1. The lowest BCUT2D eigenvalue weighted by Crippen LogP contribution is -2.36. The van der Waals surface area contributed by atoms with Crippen LogP contribution >= 0.6 is 27.5 Å². The molecule has 0 radical (unpaired) electrons. The first kappa shape index (κ1) is 16.5. The van der Waals surface area contributed by atoms with E-state index in [9.17, 15) is 9.90 Å². The van der Waals surface area contributed by atoms with Gasteiger partial charge in [0.05, 0.1) is 11.1 Å². The zero-order chi connectivity index (χ0) is 14.4. The van der Waals surface area contributed by atoms with Gasteiger partial charge in [0.1, 0.15) is 0 Å². The highest BCUT2D eigenvalue weighted by atomic mass is 79.9. The van der Waals surface area contributed by atoms with Crippen LogP contribution in [0.4, 0.5) is 0 Å². The smallest absolute Gasteiger partial charge is 0.251 e. The molecule has 0 bridgehead atoms. The summed E-state index contributed by atoms with van der Waals surface area (Å²) in [6.07, 6.45) is 1.30. The summed E-state index contributed by atoms with van der Waals surface area (Å²) in [6, 6.07) is 4.99. The molecule has 1 aromatic carbocycles. The third-order valence-corrected chi connectivity index (χ3v) is 4.46. The SMILES string of the molecule is CCC(CC)C(O)CNC(=O)c1ccc(Cl)c(Br)c1. The van der Waals surface area contributed by atoms with Crippen LogP contribution < -0.4 is 5.32 Å². The Labute approximate surface area is 127 Å². The third-order valence-electron chi connectivity index (χ3n) is 3.25. The van der Waals surface area contributed by atoms with Crippen LogP contribution in [-0.2, 0) is 0 Å². The summed E-state index contributed by atoms with van der Waals surface area (Å²) in [6.45, 7) is 4.34. The van der Waals surface area contributed by atoms with E-state index in [-0.39, 0.29) is 18.4 Å². The number of rotatable bonds is 6. The lowest BCUT2D eigenvalue weighted by molar-refractivity contribution is 0.0816. The van der Waals surface area contributed by atoms with Crippen LogP contribution in [0.5, 0.6) is 0 Å². The number of carbonyl (C=O) groups is 1. The van der Waals surface area contributed by atoms with Gasteiger partial charge in [-0.2, -0.15) is 0 Å². The molecule has 1 unspecified atom stereocenters. The van der Waals surface area contributed by atoms with Crippen molar-refractivity contribution in [2.24, 2.45) is 5.92 Å². The van der Waals surface area contributed by atoms with Crippen molar-refractivity contribution in [3.05, 3.63) is 33.3 Å². The van der Waals surface area contributed by atoms with E-state index in [1.54, 1.807) is 18.2 Å². The molecular formula is C14H19BrClNO2. The molecule has 0 aliphatic heterocycles. The zero-order valence-corrected chi connectivity index (χ0v) is 13.5. The van der Waals surface area contributed by atoms with E-state index >= 15 is 0 Å². The fourth-order valence-electron chi connectivity index (χ4n) is 1.94. The number of nitrogens with one attached hydrogen (secondary N) is 1. The molecular weight excluding hydrogens is 330 g/mol. The molecule has 0 heterocycles. The second kappa shape index (κ2) is 7.88. The predicted octanol–water partition coefficient (Wildman–Crippen LogP) is 3.63. The van der Waals surface area contributed by atoms with Crippen molar-refractivity contribution in [2.45, 2.75) is 32.8 Å². The van der Waals surface area contributed by atoms with Crippen LogP contribution in [0, 0.1) is 5.92 Å². The molecule has 0 spiro atoms. The molecule has 1 atom stereocenters. The van der Waals surface area contributed by atoms with Gasteiger partial charge in [0, 0.05) is 16.6 Å². The number of aliphatic hydroxyl groups is 1. The molecule has 0 saturated heterocycles. The number of aliphatic hydroxyl groups excluding tert-OH is 1. The minimum Gasteiger partial charge on any atom is -0.391 e. The Balaban J connectivity index is 2.58. The molecule has 106 valence electrons. The minimum atomic E-state index is -0.505. The van der Waals surface area contributed by atoms with Crippen molar-refractivity contribution in [2.75, 3.05) is 6.54 Å². The Hall–Kier alpha value is -0.580. The summed E-state index contributed by atoms with van der Waals surface area (Å²) >= 11 is 9.15. The van der Waals surface area contributed by atoms with E-state index in [4.69, 9.17) is 11.6 Å². The lowest BCUT2D eigenvalue weighted by atomic mass is 9.96. The Morgan fingerprint density at radius 2 is 2.05 bits per heavy atom. The summed E-state index contributed by atoms with van der Waals surface area (Å²) < 4.78 is 0.683. The average molecular weight is 349 g/mol. The molecule has 1 aromatic rings. The summed E-state index contributed by atoms with van der Waals surface area (Å²) in [4.78, 5) is 11.9. The predicted molar refractivity (Wildman–Crippen MR) is 81.6 cm³/mol. The van der Waals surface area contributed by atoms with Gasteiger partial charge in [-0.1, -0.05) is 38.3 Å². The molecule has 0 saturated carbocycles. The molecule has 1 amide bonds. The van der Waals surface area contributed by atoms with Crippen molar-refractivity contribution in [1.29, 1.82) is 0 Å². The van der Waals surface area contributed by atoms with Gasteiger partial charge in [0.25, 0.3) is 5.91 Å². The molecule has 19 heavy (non-hydrogen) atoms.